The number of halogens is 1. The second kappa shape index (κ2) is 9.55. The van der Waals surface area contributed by atoms with Gasteiger partial charge in [-0.1, -0.05) is 24.6 Å². The fourth-order valence-electron chi connectivity index (χ4n) is 4.85. The summed E-state index contributed by atoms with van der Waals surface area (Å²) >= 11 is 6.09. The molecule has 34 heavy (non-hydrogen) atoms. The molecule has 7 heteroatoms. The van der Waals surface area contributed by atoms with Gasteiger partial charge in [0.15, 0.2) is 11.5 Å². The molecule has 1 fully saturated rings. The quantitative estimate of drug-likeness (QED) is 0.348. The molecule has 1 aromatic carbocycles. The molecule has 0 N–H and O–H groups in total. The van der Waals surface area contributed by atoms with Crippen LogP contribution < -0.4 is 0 Å². The Balaban J connectivity index is 1.41. The first-order valence-corrected chi connectivity index (χ1v) is 12.1. The third-order valence-electron chi connectivity index (χ3n) is 6.60. The van der Waals surface area contributed by atoms with E-state index in [0.29, 0.717) is 35.5 Å². The van der Waals surface area contributed by atoms with Crippen LogP contribution in [0, 0.1) is 12.8 Å². The number of fused-ring (bicyclic) bond motifs is 1. The number of nitrogens with zero attached hydrogens (tertiary/aromatic N) is 4. The van der Waals surface area contributed by atoms with Crippen molar-refractivity contribution in [2.75, 3.05) is 6.54 Å². The molecule has 5 rings (SSSR count). The van der Waals surface area contributed by atoms with E-state index in [-0.39, 0.29) is 11.9 Å². The van der Waals surface area contributed by atoms with Crippen LogP contribution >= 0.6 is 11.6 Å². The highest BCUT2D eigenvalue weighted by Gasteiger charge is 2.34. The normalized spacial score (nSPS) is 18.4. The molecule has 0 bridgehead atoms. The highest BCUT2D eigenvalue weighted by atomic mass is 35.5. The van der Waals surface area contributed by atoms with Crippen LogP contribution in [0.5, 0.6) is 0 Å². The van der Waals surface area contributed by atoms with Gasteiger partial charge in [0.2, 0.25) is 0 Å². The van der Waals surface area contributed by atoms with E-state index < -0.39 is 0 Å². The summed E-state index contributed by atoms with van der Waals surface area (Å²) in [5.41, 5.74) is 4.29. The van der Waals surface area contributed by atoms with Gasteiger partial charge in [0.1, 0.15) is 11.2 Å². The van der Waals surface area contributed by atoms with Crippen molar-refractivity contribution >= 4 is 28.6 Å². The topological polar surface area (TPSA) is 72.1 Å². The summed E-state index contributed by atoms with van der Waals surface area (Å²) in [5, 5.41) is 0.638. The average molecular weight is 475 g/mol. The SMILES string of the molecule is Cc1ccc(-c2ccccn2)c(C(=O)N2CCC[C@@H](C)[C@H]2CCc2nc3cc(Cl)ccc3o2)n1. The molecule has 0 unspecified atom stereocenters. The number of hydrogen-bond acceptors (Lipinski definition) is 5. The number of carbonyl (C=O) groups is 1. The van der Waals surface area contributed by atoms with E-state index in [1.54, 1.807) is 12.3 Å². The number of amides is 1. The van der Waals surface area contributed by atoms with Gasteiger partial charge in [-0.05, 0) is 74.6 Å². The Morgan fingerprint density at radius 1 is 1.18 bits per heavy atom. The van der Waals surface area contributed by atoms with E-state index in [1.165, 1.54) is 0 Å². The number of likely N-dealkylation sites (tertiary alicyclic amines) is 1. The zero-order valence-electron chi connectivity index (χ0n) is 19.4. The molecule has 2 atom stereocenters. The predicted octanol–water partition coefficient (Wildman–Crippen LogP) is 6.12. The van der Waals surface area contributed by atoms with Gasteiger partial charge in [0.25, 0.3) is 5.91 Å². The van der Waals surface area contributed by atoms with E-state index >= 15 is 0 Å². The first kappa shape index (κ1) is 22.5. The fraction of sp³-hybridized carbons (Fsp3) is 0.333. The van der Waals surface area contributed by atoms with E-state index in [9.17, 15) is 4.79 Å². The maximum Gasteiger partial charge on any atom is 0.273 e. The second-order valence-corrected chi connectivity index (χ2v) is 9.44. The molecule has 0 spiro atoms. The van der Waals surface area contributed by atoms with E-state index in [0.717, 1.165) is 47.3 Å². The number of piperidine rings is 1. The Hall–Kier alpha value is -3.25. The smallest absolute Gasteiger partial charge is 0.273 e. The van der Waals surface area contributed by atoms with Crippen molar-refractivity contribution in [3.8, 4) is 11.3 Å². The highest BCUT2D eigenvalue weighted by molar-refractivity contribution is 6.31. The molecular weight excluding hydrogens is 448 g/mol. The minimum absolute atomic E-state index is 0.0368. The Bertz CT molecular complexity index is 1320. The molecular formula is C27H27ClN4O2. The standard InChI is InChI=1S/C27H27ClN4O2/c1-17-6-5-15-32(23(17)11-13-25-31-22-16-19(28)9-12-24(22)34-25)27(33)26-20(10-8-18(2)30-26)21-7-3-4-14-29-21/h3-4,7-10,12,14,16-17,23H,5-6,11,13,15H2,1-2H3/t17-,23-/m1/s1. The fourth-order valence-corrected chi connectivity index (χ4v) is 5.02. The van der Waals surface area contributed by atoms with E-state index in [4.69, 9.17) is 16.0 Å². The van der Waals surface area contributed by atoms with Gasteiger partial charge in [-0.25, -0.2) is 9.97 Å². The highest BCUT2D eigenvalue weighted by Crippen LogP contribution is 2.31. The Morgan fingerprint density at radius 2 is 2.06 bits per heavy atom. The van der Waals surface area contributed by atoms with Gasteiger partial charge < -0.3 is 9.32 Å². The average Bonchev–Trinajstić information content (AvgIpc) is 3.25. The number of benzene rings is 1. The molecule has 0 aliphatic carbocycles. The molecule has 6 nitrogen and oxygen atoms in total. The summed E-state index contributed by atoms with van der Waals surface area (Å²) in [5.74, 6) is 1.01. The molecule has 4 aromatic rings. The van der Waals surface area contributed by atoms with Gasteiger partial charge in [-0.15, -0.1) is 0 Å². The Labute approximate surface area is 204 Å². The van der Waals surface area contributed by atoms with E-state index in [1.807, 2.05) is 54.3 Å². The van der Waals surface area contributed by atoms with Crippen molar-refractivity contribution in [1.29, 1.82) is 0 Å². The van der Waals surface area contributed by atoms with Gasteiger partial charge in [-0.3, -0.25) is 9.78 Å². The molecule has 4 heterocycles. The van der Waals surface area contributed by atoms with Crippen molar-refractivity contribution in [1.82, 2.24) is 19.9 Å². The lowest BCUT2D eigenvalue weighted by Gasteiger charge is -2.40. The maximum absolute atomic E-state index is 13.9. The number of pyridine rings is 2. The molecule has 174 valence electrons. The first-order valence-electron chi connectivity index (χ1n) is 11.7. The van der Waals surface area contributed by atoms with Crippen molar-refractivity contribution in [3.63, 3.8) is 0 Å². The number of oxazole rings is 1. The van der Waals surface area contributed by atoms with Gasteiger partial charge in [0.05, 0.1) is 5.69 Å². The Morgan fingerprint density at radius 3 is 2.88 bits per heavy atom. The lowest BCUT2D eigenvalue weighted by molar-refractivity contribution is 0.0491. The molecule has 1 saturated heterocycles. The van der Waals surface area contributed by atoms with Crippen LogP contribution in [0.3, 0.4) is 0 Å². The van der Waals surface area contributed by atoms with Crippen LogP contribution in [0.25, 0.3) is 22.4 Å². The van der Waals surface area contributed by atoms with E-state index in [2.05, 4.69) is 21.9 Å². The minimum atomic E-state index is -0.0368. The summed E-state index contributed by atoms with van der Waals surface area (Å²) in [6, 6.07) is 15.1. The number of rotatable bonds is 5. The summed E-state index contributed by atoms with van der Waals surface area (Å²) in [4.78, 5) is 29.6. The molecule has 0 saturated carbocycles. The number of hydrogen-bond donors (Lipinski definition) is 0. The van der Waals surface area contributed by atoms with Crippen molar-refractivity contribution < 1.29 is 9.21 Å². The molecule has 0 radical (unpaired) electrons. The monoisotopic (exact) mass is 474 g/mol. The lowest BCUT2D eigenvalue weighted by atomic mass is 9.87. The zero-order chi connectivity index (χ0) is 23.7. The van der Waals surface area contributed by atoms with Crippen LogP contribution in [0.2, 0.25) is 5.02 Å². The number of carbonyl (C=O) groups excluding carboxylic acids is 1. The molecule has 3 aromatic heterocycles. The summed E-state index contributed by atoms with van der Waals surface area (Å²) < 4.78 is 5.93. The largest absolute Gasteiger partial charge is 0.441 e. The third kappa shape index (κ3) is 4.55. The maximum atomic E-state index is 13.9. The molecule has 1 aliphatic rings. The number of aromatic nitrogens is 3. The second-order valence-electron chi connectivity index (χ2n) is 9.01. The summed E-state index contributed by atoms with van der Waals surface area (Å²) in [6.45, 7) is 4.85. The predicted molar refractivity (Wildman–Crippen MR) is 133 cm³/mol. The lowest BCUT2D eigenvalue weighted by Crippen LogP contribution is -2.48. The molecule has 1 amide bonds. The zero-order valence-corrected chi connectivity index (χ0v) is 20.1. The van der Waals surface area contributed by atoms with Crippen LogP contribution in [0.1, 0.15) is 48.3 Å². The van der Waals surface area contributed by atoms with Crippen molar-refractivity contribution in [3.05, 3.63) is 77.0 Å². The van der Waals surface area contributed by atoms with Gasteiger partial charge >= 0.3 is 0 Å². The van der Waals surface area contributed by atoms with Crippen LogP contribution in [-0.4, -0.2) is 38.3 Å². The summed E-state index contributed by atoms with van der Waals surface area (Å²) in [7, 11) is 0. The van der Waals surface area contributed by atoms with Crippen LogP contribution in [0.4, 0.5) is 0 Å². The van der Waals surface area contributed by atoms with Crippen LogP contribution in [0.15, 0.2) is 59.1 Å². The molecule has 1 aliphatic heterocycles. The van der Waals surface area contributed by atoms with Gasteiger partial charge in [-0.2, -0.15) is 0 Å². The van der Waals surface area contributed by atoms with Gasteiger partial charge in [0, 0.05) is 41.5 Å². The minimum Gasteiger partial charge on any atom is -0.441 e. The van der Waals surface area contributed by atoms with Crippen molar-refractivity contribution in [2.24, 2.45) is 5.92 Å². The first-order chi connectivity index (χ1) is 16.5. The number of aryl methyl sites for hydroxylation is 2. The summed E-state index contributed by atoms with van der Waals surface area (Å²) in [6.07, 6.45) is 5.24. The van der Waals surface area contributed by atoms with Crippen molar-refractivity contribution in [2.45, 2.75) is 45.6 Å². The Kier molecular flexibility index (Phi) is 6.33. The van der Waals surface area contributed by atoms with Crippen LogP contribution in [-0.2, 0) is 6.42 Å². The third-order valence-corrected chi connectivity index (χ3v) is 6.84.